The van der Waals surface area contributed by atoms with Crippen LogP contribution in [0, 0.1) is 0 Å². The molecule has 1 aromatic carbocycles. The lowest BCUT2D eigenvalue weighted by molar-refractivity contribution is -0.138. The summed E-state index contributed by atoms with van der Waals surface area (Å²) >= 11 is 0. The predicted molar refractivity (Wildman–Crippen MR) is 51.8 cm³/mol. The van der Waals surface area contributed by atoms with Crippen LogP contribution in [0.4, 0.5) is 13.2 Å². The molecule has 1 aliphatic heterocycles. The van der Waals surface area contributed by atoms with Crippen molar-refractivity contribution in [1.29, 1.82) is 0 Å². The van der Waals surface area contributed by atoms with Gasteiger partial charge in [-0.15, -0.1) is 0 Å². The zero-order chi connectivity index (χ0) is 11.8. The highest BCUT2D eigenvalue weighted by molar-refractivity contribution is 5.73. The third kappa shape index (κ3) is 1.95. The number of nitrogens with zero attached hydrogens (tertiary/aromatic N) is 1. The van der Waals surface area contributed by atoms with E-state index < -0.39 is 17.8 Å². The van der Waals surface area contributed by atoms with E-state index in [1.807, 2.05) is 0 Å². The van der Waals surface area contributed by atoms with Crippen molar-refractivity contribution in [2.24, 2.45) is 10.7 Å². The summed E-state index contributed by atoms with van der Waals surface area (Å²) < 4.78 is 42.9. The van der Waals surface area contributed by atoms with Crippen molar-refractivity contribution in [3.05, 3.63) is 35.4 Å². The maximum absolute atomic E-state index is 12.7. The standard InChI is InChI=1S/C10H9F3N2O/c11-10(12,13)7-4-2-1-3-6(7)8-5-16-9(14)15-8/h1-4,8H,5H2,(H2,14,15)/t8-/m1/s1. The Kier molecular flexibility index (Phi) is 2.49. The summed E-state index contributed by atoms with van der Waals surface area (Å²) in [6, 6.07) is 4.56. The van der Waals surface area contributed by atoms with Gasteiger partial charge in [-0.1, -0.05) is 18.2 Å². The minimum atomic E-state index is -4.39. The van der Waals surface area contributed by atoms with E-state index >= 15 is 0 Å². The van der Waals surface area contributed by atoms with E-state index in [0.717, 1.165) is 6.07 Å². The zero-order valence-corrected chi connectivity index (χ0v) is 8.16. The molecule has 0 spiro atoms. The molecule has 0 aromatic heterocycles. The highest BCUT2D eigenvalue weighted by Crippen LogP contribution is 2.36. The number of aliphatic imine (C=N–C) groups is 1. The number of rotatable bonds is 1. The lowest BCUT2D eigenvalue weighted by atomic mass is 10.0. The average molecular weight is 230 g/mol. The molecule has 0 fully saturated rings. The van der Waals surface area contributed by atoms with E-state index in [1.165, 1.54) is 18.2 Å². The molecule has 3 nitrogen and oxygen atoms in total. The molecular weight excluding hydrogens is 221 g/mol. The molecule has 1 aromatic rings. The monoisotopic (exact) mass is 230 g/mol. The van der Waals surface area contributed by atoms with Crippen LogP contribution in [0.15, 0.2) is 29.3 Å². The highest BCUT2D eigenvalue weighted by atomic mass is 19.4. The molecule has 2 N–H and O–H groups in total. The Morgan fingerprint density at radius 1 is 1.31 bits per heavy atom. The van der Waals surface area contributed by atoms with E-state index in [2.05, 4.69) is 4.99 Å². The van der Waals surface area contributed by atoms with Crippen molar-refractivity contribution in [1.82, 2.24) is 0 Å². The molecule has 0 bridgehead atoms. The van der Waals surface area contributed by atoms with Crippen LogP contribution in [-0.4, -0.2) is 12.6 Å². The molecule has 0 radical (unpaired) electrons. The number of alkyl halides is 3. The third-order valence-corrected chi connectivity index (χ3v) is 2.30. The fraction of sp³-hybridized carbons (Fsp3) is 0.300. The summed E-state index contributed by atoms with van der Waals surface area (Å²) in [6.45, 7) is 0.0545. The smallest absolute Gasteiger partial charge is 0.416 e. The Labute approximate surface area is 89.7 Å². The van der Waals surface area contributed by atoms with E-state index in [1.54, 1.807) is 0 Å². The summed E-state index contributed by atoms with van der Waals surface area (Å²) in [5.41, 5.74) is 4.67. The molecule has 2 rings (SSSR count). The van der Waals surface area contributed by atoms with E-state index in [4.69, 9.17) is 10.5 Å². The first kappa shape index (κ1) is 10.8. The number of ether oxygens (including phenoxy) is 1. The SMILES string of the molecule is NC1=N[C@@H](c2ccccc2C(F)(F)F)CO1. The van der Waals surface area contributed by atoms with Crippen LogP contribution in [-0.2, 0) is 10.9 Å². The number of amidine groups is 1. The number of benzene rings is 1. The second-order valence-corrected chi connectivity index (χ2v) is 3.38. The summed E-state index contributed by atoms with van der Waals surface area (Å²) in [5, 5.41) is 0. The van der Waals surface area contributed by atoms with Crippen LogP contribution in [0.2, 0.25) is 0 Å². The van der Waals surface area contributed by atoms with Crippen molar-refractivity contribution < 1.29 is 17.9 Å². The lowest BCUT2D eigenvalue weighted by Gasteiger charge is -2.14. The molecule has 0 amide bonds. The van der Waals surface area contributed by atoms with Crippen LogP contribution < -0.4 is 5.73 Å². The molecular formula is C10H9F3N2O. The minimum absolute atomic E-state index is 0.0545. The van der Waals surface area contributed by atoms with Crippen LogP contribution >= 0.6 is 0 Å². The van der Waals surface area contributed by atoms with Crippen LogP contribution in [0.1, 0.15) is 17.2 Å². The molecule has 1 aliphatic rings. The van der Waals surface area contributed by atoms with Crippen molar-refractivity contribution >= 4 is 6.02 Å². The van der Waals surface area contributed by atoms with Gasteiger partial charge in [0.15, 0.2) is 0 Å². The maximum atomic E-state index is 12.7. The van der Waals surface area contributed by atoms with Gasteiger partial charge in [0.2, 0.25) is 0 Å². The fourth-order valence-corrected chi connectivity index (χ4v) is 1.60. The minimum Gasteiger partial charge on any atom is -0.463 e. The van der Waals surface area contributed by atoms with Gasteiger partial charge in [0.05, 0.1) is 5.56 Å². The Morgan fingerprint density at radius 3 is 2.56 bits per heavy atom. The van der Waals surface area contributed by atoms with Crippen molar-refractivity contribution in [2.45, 2.75) is 12.2 Å². The van der Waals surface area contributed by atoms with Gasteiger partial charge < -0.3 is 10.5 Å². The first-order valence-electron chi connectivity index (χ1n) is 4.60. The molecule has 16 heavy (non-hydrogen) atoms. The highest BCUT2D eigenvalue weighted by Gasteiger charge is 2.36. The van der Waals surface area contributed by atoms with Crippen molar-refractivity contribution in [3.8, 4) is 0 Å². The molecule has 1 atom stereocenters. The molecule has 0 aliphatic carbocycles. The van der Waals surface area contributed by atoms with E-state index in [0.29, 0.717) is 0 Å². The number of hydrogen-bond donors (Lipinski definition) is 1. The van der Waals surface area contributed by atoms with Gasteiger partial charge in [0, 0.05) is 0 Å². The Morgan fingerprint density at radius 2 is 2.00 bits per heavy atom. The quantitative estimate of drug-likeness (QED) is 0.803. The lowest BCUT2D eigenvalue weighted by Crippen LogP contribution is -2.12. The van der Waals surface area contributed by atoms with E-state index in [-0.39, 0.29) is 18.2 Å². The van der Waals surface area contributed by atoms with Crippen LogP contribution in [0.3, 0.4) is 0 Å². The van der Waals surface area contributed by atoms with E-state index in [9.17, 15) is 13.2 Å². The average Bonchev–Trinajstić information content (AvgIpc) is 2.64. The van der Waals surface area contributed by atoms with Crippen molar-refractivity contribution in [3.63, 3.8) is 0 Å². The zero-order valence-electron chi connectivity index (χ0n) is 8.16. The van der Waals surface area contributed by atoms with Gasteiger partial charge in [-0.2, -0.15) is 13.2 Å². The first-order valence-corrected chi connectivity index (χ1v) is 4.60. The molecule has 0 unspecified atom stereocenters. The maximum Gasteiger partial charge on any atom is 0.416 e. The Bertz CT molecular complexity index is 428. The van der Waals surface area contributed by atoms with Crippen molar-refractivity contribution in [2.75, 3.05) is 6.61 Å². The van der Waals surface area contributed by atoms with Gasteiger partial charge >= 0.3 is 6.18 Å². The second-order valence-electron chi connectivity index (χ2n) is 3.38. The first-order chi connectivity index (χ1) is 7.48. The van der Waals surface area contributed by atoms with Gasteiger partial charge in [-0.3, -0.25) is 0 Å². The molecule has 1 heterocycles. The van der Waals surface area contributed by atoms with Gasteiger partial charge in [0.25, 0.3) is 6.02 Å². The topological polar surface area (TPSA) is 47.6 Å². The molecule has 0 saturated heterocycles. The summed E-state index contributed by atoms with van der Waals surface area (Å²) in [7, 11) is 0. The summed E-state index contributed by atoms with van der Waals surface area (Å²) in [6.07, 6.45) is -4.39. The Balaban J connectivity index is 2.41. The number of halogens is 3. The fourth-order valence-electron chi connectivity index (χ4n) is 1.60. The van der Waals surface area contributed by atoms with Crippen LogP contribution in [0.5, 0.6) is 0 Å². The predicted octanol–water partition coefficient (Wildman–Crippen LogP) is 2.09. The largest absolute Gasteiger partial charge is 0.463 e. The number of nitrogens with two attached hydrogens (primary N) is 1. The van der Waals surface area contributed by atoms with Gasteiger partial charge in [-0.25, -0.2) is 4.99 Å². The molecule has 6 heteroatoms. The van der Waals surface area contributed by atoms with Gasteiger partial charge in [-0.05, 0) is 11.6 Å². The Hall–Kier alpha value is -1.72. The normalized spacial score (nSPS) is 20.4. The van der Waals surface area contributed by atoms with Gasteiger partial charge in [0.1, 0.15) is 12.6 Å². The number of hydrogen-bond acceptors (Lipinski definition) is 3. The molecule has 86 valence electrons. The molecule has 0 saturated carbocycles. The third-order valence-electron chi connectivity index (χ3n) is 2.30. The second kappa shape index (κ2) is 3.70. The summed E-state index contributed by atoms with van der Waals surface area (Å²) in [5.74, 6) is 0. The summed E-state index contributed by atoms with van der Waals surface area (Å²) in [4.78, 5) is 3.81. The van der Waals surface area contributed by atoms with Crippen LogP contribution in [0.25, 0.3) is 0 Å².